The molecule has 0 atom stereocenters. The van der Waals surface area contributed by atoms with Crippen molar-refractivity contribution in [2.24, 2.45) is 4.99 Å². The number of imide groups is 1. The molecule has 2 aromatic rings. The molecule has 7 heteroatoms. The average molecular weight is 432 g/mol. The van der Waals surface area contributed by atoms with Gasteiger partial charge in [0.15, 0.2) is 0 Å². The van der Waals surface area contributed by atoms with E-state index in [0.717, 1.165) is 23.3 Å². The lowest BCUT2D eigenvalue weighted by atomic mass is 9.96. The van der Waals surface area contributed by atoms with Crippen LogP contribution in [-0.4, -0.2) is 28.6 Å². The van der Waals surface area contributed by atoms with E-state index in [9.17, 15) is 14.0 Å². The van der Waals surface area contributed by atoms with Gasteiger partial charge in [0.1, 0.15) is 5.82 Å². The Bertz CT molecular complexity index is 1270. The van der Waals surface area contributed by atoms with E-state index in [-0.39, 0.29) is 17.0 Å². The second kappa shape index (κ2) is 8.88. The first-order valence-corrected chi connectivity index (χ1v) is 10.5. The number of allylic oxidation sites excluding steroid dienone is 4. The third kappa shape index (κ3) is 3.99. The third-order valence-electron chi connectivity index (χ3n) is 5.56. The van der Waals surface area contributed by atoms with E-state index < -0.39 is 11.8 Å². The molecule has 164 valence electrons. The number of halogens is 1. The monoisotopic (exact) mass is 432 g/mol. The summed E-state index contributed by atoms with van der Waals surface area (Å²) in [5, 5.41) is 6.30. The normalized spacial score (nSPS) is 17.9. The van der Waals surface area contributed by atoms with Gasteiger partial charge < -0.3 is 9.88 Å². The molecule has 2 N–H and O–H groups in total. The molecule has 3 heterocycles. The summed E-state index contributed by atoms with van der Waals surface area (Å²) in [5.74, 6) is -1.32. The first kappa shape index (κ1) is 21.6. The van der Waals surface area contributed by atoms with Crippen LogP contribution < -0.4 is 10.6 Å². The van der Waals surface area contributed by atoms with Crippen LogP contribution in [0.2, 0.25) is 0 Å². The Morgan fingerprint density at radius 3 is 2.78 bits per heavy atom. The SMILES string of the molecule is C\C=C/C=C\C(C)=N\C=C(/C)C1=C(c2cn3c4c(cc(F)cc24)CNCC3)C(=O)NC1=O. The highest BCUT2D eigenvalue weighted by atomic mass is 19.1. The Hall–Kier alpha value is -3.58. The number of aromatic nitrogens is 1. The van der Waals surface area contributed by atoms with Crippen molar-refractivity contribution in [2.75, 3.05) is 6.54 Å². The van der Waals surface area contributed by atoms with Crippen LogP contribution in [0.5, 0.6) is 0 Å². The summed E-state index contributed by atoms with van der Waals surface area (Å²) in [7, 11) is 0. The van der Waals surface area contributed by atoms with Gasteiger partial charge in [-0.05, 0) is 50.1 Å². The molecule has 32 heavy (non-hydrogen) atoms. The van der Waals surface area contributed by atoms with Gasteiger partial charge in [0, 0.05) is 48.7 Å². The molecular weight excluding hydrogens is 407 g/mol. The zero-order valence-electron chi connectivity index (χ0n) is 18.3. The second-order valence-electron chi connectivity index (χ2n) is 7.87. The Morgan fingerprint density at radius 2 is 2.00 bits per heavy atom. The van der Waals surface area contributed by atoms with Gasteiger partial charge in [-0.15, -0.1) is 0 Å². The van der Waals surface area contributed by atoms with Crippen molar-refractivity contribution in [3.05, 3.63) is 76.9 Å². The number of carbonyl (C=O) groups is 2. The molecule has 0 saturated heterocycles. The van der Waals surface area contributed by atoms with E-state index in [0.29, 0.717) is 29.6 Å². The molecule has 2 aliphatic rings. The quantitative estimate of drug-likeness (QED) is 0.429. The summed E-state index contributed by atoms with van der Waals surface area (Å²) >= 11 is 0. The third-order valence-corrected chi connectivity index (χ3v) is 5.56. The number of hydrogen-bond donors (Lipinski definition) is 2. The predicted octanol–water partition coefficient (Wildman–Crippen LogP) is 3.79. The van der Waals surface area contributed by atoms with Gasteiger partial charge in [0.25, 0.3) is 11.8 Å². The number of aliphatic imine (C=N–C) groups is 1. The molecule has 4 rings (SSSR count). The van der Waals surface area contributed by atoms with Gasteiger partial charge >= 0.3 is 0 Å². The summed E-state index contributed by atoms with van der Waals surface area (Å²) in [4.78, 5) is 29.9. The molecular formula is C25H25FN4O2. The zero-order chi connectivity index (χ0) is 22.8. The lowest BCUT2D eigenvalue weighted by Gasteiger charge is -2.06. The first-order valence-electron chi connectivity index (χ1n) is 10.5. The Labute approximate surface area is 185 Å². The molecule has 0 radical (unpaired) electrons. The minimum Gasteiger partial charge on any atom is -0.345 e. The molecule has 2 aliphatic heterocycles. The second-order valence-corrected chi connectivity index (χ2v) is 7.87. The number of hydrogen-bond acceptors (Lipinski definition) is 4. The minimum atomic E-state index is -0.480. The van der Waals surface area contributed by atoms with Crippen molar-refractivity contribution in [3.8, 4) is 0 Å². The molecule has 0 fully saturated rings. The fraction of sp³-hybridized carbons (Fsp3) is 0.240. The minimum absolute atomic E-state index is 0.259. The Balaban J connectivity index is 1.87. The van der Waals surface area contributed by atoms with Crippen LogP contribution >= 0.6 is 0 Å². The predicted molar refractivity (Wildman–Crippen MR) is 124 cm³/mol. The van der Waals surface area contributed by atoms with E-state index in [1.807, 2.05) is 48.9 Å². The molecule has 0 aliphatic carbocycles. The topological polar surface area (TPSA) is 75.5 Å². The summed E-state index contributed by atoms with van der Waals surface area (Å²) in [6, 6.07) is 2.95. The van der Waals surface area contributed by atoms with Crippen LogP contribution in [0.4, 0.5) is 4.39 Å². The van der Waals surface area contributed by atoms with Gasteiger partial charge in [-0.25, -0.2) is 4.39 Å². The maximum absolute atomic E-state index is 14.4. The standard InChI is InChI=1S/C25H25FN4O2/c1-4-5-6-7-16(3)28-12-15(2)21-22(25(32)29-24(21)31)20-14-30-9-8-27-13-17-10-18(26)11-19(20)23(17)30/h4-7,10-12,14,27H,8-9,13H2,1-3H3,(H,29,31,32)/b5-4-,7-6-,15-12+,28-16+. The number of rotatable bonds is 5. The van der Waals surface area contributed by atoms with Crippen molar-refractivity contribution in [3.63, 3.8) is 0 Å². The van der Waals surface area contributed by atoms with Crippen LogP contribution in [-0.2, 0) is 22.7 Å². The maximum atomic E-state index is 14.4. The lowest BCUT2D eigenvalue weighted by molar-refractivity contribution is -0.123. The van der Waals surface area contributed by atoms with Crippen LogP contribution in [0, 0.1) is 5.82 Å². The maximum Gasteiger partial charge on any atom is 0.259 e. The number of nitrogens with one attached hydrogen (secondary N) is 2. The molecule has 0 unspecified atom stereocenters. The molecule has 6 nitrogen and oxygen atoms in total. The van der Waals surface area contributed by atoms with Crippen LogP contribution in [0.3, 0.4) is 0 Å². The molecule has 2 amide bonds. The number of amides is 2. The molecule has 1 aromatic carbocycles. The smallest absolute Gasteiger partial charge is 0.259 e. The summed E-state index contributed by atoms with van der Waals surface area (Å²) in [6.45, 7) is 7.48. The van der Waals surface area contributed by atoms with Gasteiger partial charge in [0.05, 0.1) is 16.7 Å². The highest BCUT2D eigenvalue weighted by Crippen LogP contribution is 2.36. The summed E-state index contributed by atoms with van der Waals surface area (Å²) < 4.78 is 16.4. The van der Waals surface area contributed by atoms with E-state index in [1.165, 1.54) is 12.1 Å². The van der Waals surface area contributed by atoms with Crippen molar-refractivity contribution >= 4 is 34.0 Å². The highest BCUT2D eigenvalue weighted by molar-refractivity contribution is 6.38. The van der Waals surface area contributed by atoms with Crippen LogP contribution in [0.25, 0.3) is 16.5 Å². The largest absolute Gasteiger partial charge is 0.345 e. The highest BCUT2D eigenvalue weighted by Gasteiger charge is 2.34. The fourth-order valence-electron chi connectivity index (χ4n) is 4.12. The Kier molecular flexibility index (Phi) is 6.01. The van der Waals surface area contributed by atoms with Crippen LogP contribution in [0.15, 0.2) is 65.0 Å². The zero-order valence-corrected chi connectivity index (χ0v) is 18.3. The van der Waals surface area contributed by atoms with Crippen molar-refractivity contribution < 1.29 is 14.0 Å². The van der Waals surface area contributed by atoms with Crippen molar-refractivity contribution in [1.29, 1.82) is 0 Å². The molecule has 1 aromatic heterocycles. The number of benzene rings is 1. The van der Waals surface area contributed by atoms with Crippen molar-refractivity contribution in [2.45, 2.75) is 33.9 Å². The number of carbonyl (C=O) groups excluding carboxylic acids is 2. The van der Waals surface area contributed by atoms with Gasteiger partial charge in [-0.2, -0.15) is 0 Å². The van der Waals surface area contributed by atoms with E-state index in [4.69, 9.17) is 0 Å². The van der Waals surface area contributed by atoms with Crippen LogP contribution in [0.1, 0.15) is 31.9 Å². The van der Waals surface area contributed by atoms with E-state index >= 15 is 0 Å². The average Bonchev–Trinajstić information content (AvgIpc) is 3.16. The lowest BCUT2D eigenvalue weighted by Crippen LogP contribution is -2.23. The van der Waals surface area contributed by atoms with E-state index in [1.54, 1.807) is 13.1 Å². The Morgan fingerprint density at radius 1 is 1.19 bits per heavy atom. The molecule has 0 spiro atoms. The van der Waals surface area contributed by atoms with Gasteiger partial charge in [0.2, 0.25) is 0 Å². The van der Waals surface area contributed by atoms with E-state index in [2.05, 4.69) is 15.6 Å². The number of nitrogens with zero attached hydrogens (tertiary/aromatic N) is 2. The summed E-state index contributed by atoms with van der Waals surface area (Å²) in [5.41, 5.74) is 4.12. The fourth-order valence-corrected chi connectivity index (χ4v) is 4.12. The van der Waals surface area contributed by atoms with Gasteiger partial charge in [-0.3, -0.25) is 19.9 Å². The van der Waals surface area contributed by atoms with Gasteiger partial charge in [-0.1, -0.05) is 18.2 Å². The molecule has 0 saturated carbocycles. The first-order chi connectivity index (χ1) is 15.4. The summed E-state index contributed by atoms with van der Waals surface area (Å²) in [6.07, 6.45) is 11.0. The molecule has 0 bridgehead atoms. The van der Waals surface area contributed by atoms with Crippen molar-refractivity contribution in [1.82, 2.24) is 15.2 Å².